The molecule has 1 heterocycles. The van der Waals surface area contributed by atoms with Crippen LogP contribution in [0.4, 0.5) is 5.69 Å². The van der Waals surface area contributed by atoms with Crippen LogP contribution in [-0.2, 0) is 11.3 Å². The topological polar surface area (TPSA) is 71.1 Å². The van der Waals surface area contributed by atoms with Gasteiger partial charge in [0.15, 0.2) is 0 Å². The number of nitrogens with zero attached hydrogens (tertiary/aromatic N) is 1. The van der Waals surface area contributed by atoms with Crippen LogP contribution in [0.3, 0.4) is 0 Å². The van der Waals surface area contributed by atoms with Gasteiger partial charge in [-0.2, -0.15) is 0 Å². The second-order valence-corrected chi connectivity index (χ2v) is 5.31. The van der Waals surface area contributed by atoms with Crippen molar-refractivity contribution in [1.82, 2.24) is 10.3 Å². The third-order valence-corrected chi connectivity index (χ3v) is 3.15. The summed E-state index contributed by atoms with van der Waals surface area (Å²) in [7, 11) is 0. The van der Waals surface area contributed by atoms with E-state index in [1.807, 2.05) is 18.2 Å². The fourth-order valence-corrected chi connectivity index (χ4v) is 1.85. The first kappa shape index (κ1) is 16.0. The summed E-state index contributed by atoms with van der Waals surface area (Å²) in [6.45, 7) is 1.88. The number of benzene rings is 1. The molecule has 22 heavy (non-hydrogen) atoms. The van der Waals surface area contributed by atoms with Gasteiger partial charge in [0.2, 0.25) is 5.91 Å². The van der Waals surface area contributed by atoms with Gasteiger partial charge in [-0.1, -0.05) is 18.2 Å². The smallest absolute Gasteiger partial charge is 0.253 e. The summed E-state index contributed by atoms with van der Waals surface area (Å²) >= 11 is 5.73. The van der Waals surface area contributed by atoms with E-state index in [4.69, 9.17) is 11.6 Å². The zero-order valence-corrected chi connectivity index (χ0v) is 12.8. The second kappa shape index (κ2) is 7.56. The number of aromatic nitrogens is 1. The Morgan fingerprint density at radius 2 is 1.91 bits per heavy atom. The Balaban J connectivity index is 2.07. The Hall–Kier alpha value is -2.40. The summed E-state index contributed by atoms with van der Waals surface area (Å²) in [5.41, 5.74) is 1.56. The van der Waals surface area contributed by atoms with Crippen LogP contribution in [0.5, 0.6) is 0 Å². The maximum Gasteiger partial charge on any atom is 0.253 e. The Kier molecular flexibility index (Phi) is 5.49. The number of anilines is 1. The highest BCUT2D eigenvalue weighted by Gasteiger charge is 2.15. The largest absolute Gasteiger partial charge is 0.346 e. The summed E-state index contributed by atoms with van der Waals surface area (Å²) in [5.74, 6) is -0.643. The van der Waals surface area contributed by atoms with E-state index in [2.05, 4.69) is 15.6 Å². The standard InChI is InChI=1S/C16H16ClN3O2/c1-11(17)15(21)20-14-8-3-2-7-13(14)16(22)19-10-12-6-4-5-9-18-12/h2-9,11H,10H2,1H3,(H,19,22)(H,20,21). The monoisotopic (exact) mass is 317 g/mol. The van der Waals surface area contributed by atoms with Gasteiger partial charge in [-0.15, -0.1) is 11.6 Å². The number of amides is 2. The minimum Gasteiger partial charge on any atom is -0.346 e. The number of carbonyl (C=O) groups is 2. The minimum atomic E-state index is -0.676. The van der Waals surface area contributed by atoms with E-state index in [0.717, 1.165) is 5.69 Å². The first-order chi connectivity index (χ1) is 10.6. The third-order valence-electron chi connectivity index (χ3n) is 2.95. The maximum atomic E-state index is 12.3. The lowest BCUT2D eigenvalue weighted by Crippen LogP contribution is -2.26. The van der Waals surface area contributed by atoms with Gasteiger partial charge in [-0.25, -0.2) is 0 Å². The molecule has 0 spiro atoms. The number of carbonyl (C=O) groups excluding carboxylic acids is 2. The van der Waals surface area contributed by atoms with Crippen molar-refractivity contribution >= 4 is 29.1 Å². The number of nitrogens with one attached hydrogen (secondary N) is 2. The molecule has 1 aromatic heterocycles. The predicted octanol–water partition coefficient (Wildman–Crippen LogP) is 2.58. The molecule has 1 unspecified atom stereocenters. The van der Waals surface area contributed by atoms with Gasteiger partial charge < -0.3 is 10.6 Å². The number of halogens is 1. The van der Waals surface area contributed by atoms with Crippen molar-refractivity contribution in [3.05, 3.63) is 59.9 Å². The van der Waals surface area contributed by atoms with Crippen LogP contribution in [0.15, 0.2) is 48.7 Å². The van der Waals surface area contributed by atoms with E-state index in [9.17, 15) is 9.59 Å². The molecule has 6 heteroatoms. The zero-order valence-electron chi connectivity index (χ0n) is 12.0. The molecule has 2 aromatic rings. The molecule has 0 radical (unpaired) electrons. The fourth-order valence-electron chi connectivity index (χ4n) is 1.79. The summed E-state index contributed by atoms with van der Waals surface area (Å²) in [6, 6.07) is 12.3. The molecule has 0 aliphatic heterocycles. The van der Waals surface area contributed by atoms with E-state index < -0.39 is 5.38 Å². The van der Waals surface area contributed by atoms with Crippen LogP contribution < -0.4 is 10.6 Å². The number of hydrogen-bond donors (Lipinski definition) is 2. The molecular weight excluding hydrogens is 302 g/mol. The molecule has 0 aliphatic rings. The van der Waals surface area contributed by atoms with Crippen molar-refractivity contribution in [2.45, 2.75) is 18.8 Å². The predicted molar refractivity (Wildman–Crippen MR) is 85.8 cm³/mol. The van der Waals surface area contributed by atoms with Gasteiger partial charge in [0.1, 0.15) is 5.38 Å². The highest BCUT2D eigenvalue weighted by molar-refractivity contribution is 6.32. The van der Waals surface area contributed by atoms with Crippen molar-refractivity contribution in [2.24, 2.45) is 0 Å². The number of hydrogen-bond acceptors (Lipinski definition) is 3. The first-order valence-electron chi connectivity index (χ1n) is 6.80. The third kappa shape index (κ3) is 4.30. The van der Waals surface area contributed by atoms with Crippen LogP contribution in [0.25, 0.3) is 0 Å². The van der Waals surface area contributed by atoms with Crippen LogP contribution in [0.2, 0.25) is 0 Å². The van der Waals surface area contributed by atoms with Gasteiger partial charge in [-0.3, -0.25) is 14.6 Å². The van der Waals surface area contributed by atoms with E-state index in [1.54, 1.807) is 37.4 Å². The summed E-state index contributed by atoms with van der Waals surface area (Å²) in [5, 5.41) is 4.74. The van der Waals surface area contributed by atoms with E-state index in [1.165, 1.54) is 0 Å². The number of alkyl halides is 1. The molecule has 2 rings (SSSR count). The van der Waals surface area contributed by atoms with Crippen molar-refractivity contribution in [3.63, 3.8) is 0 Å². The van der Waals surface area contributed by atoms with Crippen LogP contribution in [0, 0.1) is 0 Å². The summed E-state index contributed by atoms with van der Waals surface area (Å²) < 4.78 is 0. The summed E-state index contributed by atoms with van der Waals surface area (Å²) in [4.78, 5) is 28.1. The van der Waals surface area contributed by atoms with E-state index in [0.29, 0.717) is 17.8 Å². The molecule has 2 amide bonds. The van der Waals surface area contributed by atoms with Crippen molar-refractivity contribution < 1.29 is 9.59 Å². The SMILES string of the molecule is CC(Cl)C(=O)Nc1ccccc1C(=O)NCc1ccccn1. The molecule has 0 saturated heterocycles. The van der Waals surface area contributed by atoms with Crippen LogP contribution in [-0.4, -0.2) is 22.2 Å². The van der Waals surface area contributed by atoms with Gasteiger partial charge in [-0.05, 0) is 31.2 Å². The molecule has 0 bridgehead atoms. The second-order valence-electron chi connectivity index (χ2n) is 4.65. The molecule has 1 atom stereocenters. The molecule has 2 N–H and O–H groups in total. The van der Waals surface area contributed by atoms with Crippen molar-refractivity contribution in [1.29, 1.82) is 0 Å². The van der Waals surface area contributed by atoms with Crippen LogP contribution in [0.1, 0.15) is 23.0 Å². The minimum absolute atomic E-state index is 0.288. The Morgan fingerprint density at radius 3 is 2.59 bits per heavy atom. The quantitative estimate of drug-likeness (QED) is 0.833. The number of para-hydroxylation sites is 1. The Labute approximate surface area is 133 Å². The lowest BCUT2D eigenvalue weighted by atomic mass is 10.1. The normalized spacial score (nSPS) is 11.5. The number of rotatable bonds is 5. The van der Waals surface area contributed by atoms with Gasteiger partial charge in [0.05, 0.1) is 23.5 Å². The molecule has 114 valence electrons. The zero-order chi connectivity index (χ0) is 15.9. The summed E-state index contributed by atoms with van der Waals surface area (Å²) in [6.07, 6.45) is 1.66. The lowest BCUT2D eigenvalue weighted by molar-refractivity contribution is -0.115. The maximum absolute atomic E-state index is 12.3. The number of pyridine rings is 1. The van der Waals surface area contributed by atoms with Gasteiger partial charge in [0, 0.05) is 6.20 Å². The van der Waals surface area contributed by atoms with Crippen molar-refractivity contribution in [3.8, 4) is 0 Å². The van der Waals surface area contributed by atoms with Crippen molar-refractivity contribution in [2.75, 3.05) is 5.32 Å². The molecule has 0 aliphatic carbocycles. The highest BCUT2D eigenvalue weighted by Crippen LogP contribution is 2.16. The average molecular weight is 318 g/mol. The van der Waals surface area contributed by atoms with Crippen LogP contribution >= 0.6 is 11.6 Å². The molecule has 1 aromatic carbocycles. The first-order valence-corrected chi connectivity index (χ1v) is 7.23. The highest BCUT2D eigenvalue weighted by atomic mass is 35.5. The Morgan fingerprint density at radius 1 is 1.18 bits per heavy atom. The molecule has 5 nitrogen and oxygen atoms in total. The average Bonchev–Trinajstić information content (AvgIpc) is 2.54. The molecule has 0 saturated carbocycles. The Bertz CT molecular complexity index is 659. The molecule has 0 fully saturated rings. The lowest BCUT2D eigenvalue weighted by Gasteiger charge is -2.12. The molecular formula is C16H16ClN3O2. The van der Waals surface area contributed by atoms with Gasteiger partial charge >= 0.3 is 0 Å². The van der Waals surface area contributed by atoms with E-state index in [-0.39, 0.29) is 11.8 Å². The van der Waals surface area contributed by atoms with Gasteiger partial charge in [0.25, 0.3) is 5.91 Å². The fraction of sp³-hybridized carbons (Fsp3) is 0.188. The van der Waals surface area contributed by atoms with E-state index >= 15 is 0 Å².